The molecule has 2 amide bonds. The average Bonchev–Trinajstić information content (AvgIpc) is 2.86. The van der Waals surface area contributed by atoms with E-state index in [1.54, 1.807) is 24.0 Å². The standard InChI is InChI=1S/C19H25N3O6/c1-13-15(5-3-7-17(13)22(27)28)11-18(24)20-9-4-6-16(8-10-20)21(14(2)23)12-19(25)26/h3,5,7,16H,4,6,8-12H2,1-2H3,(H,25,26). The van der Waals surface area contributed by atoms with Crippen LogP contribution in [0.2, 0.25) is 0 Å². The van der Waals surface area contributed by atoms with Gasteiger partial charge in [0.1, 0.15) is 6.54 Å². The van der Waals surface area contributed by atoms with Crippen molar-refractivity contribution in [1.29, 1.82) is 0 Å². The molecular formula is C19H25N3O6. The molecule has 1 fully saturated rings. The number of benzene rings is 1. The summed E-state index contributed by atoms with van der Waals surface area (Å²) in [4.78, 5) is 49.2. The van der Waals surface area contributed by atoms with E-state index in [1.807, 2.05) is 0 Å². The lowest BCUT2D eigenvalue weighted by atomic mass is 10.0. The molecule has 2 rings (SSSR count). The van der Waals surface area contributed by atoms with Crippen molar-refractivity contribution in [2.24, 2.45) is 0 Å². The normalized spacial score (nSPS) is 16.9. The van der Waals surface area contributed by atoms with Crippen LogP contribution in [-0.4, -0.2) is 63.3 Å². The number of carbonyl (C=O) groups excluding carboxylic acids is 2. The van der Waals surface area contributed by atoms with Crippen LogP contribution >= 0.6 is 0 Å². The van der Waals surface area contributed by atoms with Gasteiger partial charge in [0.15, 0.2) is 0 Å². The van der Waals surface area contributed by atoms with Gasteiger partial charge in [-0.2, -0.15) is 0 Å². The van der Waals surface area contributed by atoms with Crippen LogP contribution < -0.4 is 0 Å². The number of carboxylic acid groups (broad SMARTS) is 1. The molecule has 1 aromatic carbocycles. The Hall–Kier alpha value is -2.97. The molecule has 0 aliphatic carbocycles. The number of nitro groups is 1. The summed E-state index contributed by atoms with van der Waals surface area (Å²) in [6.45, 7) is 3.57. The second-order valence-corrected chi connectivity index (χ2v) is 7.00. The lowest BCUT2D eigenvalue weighted by molar-refractivity contribution is -0.385. The van der Waals surface area contributed by atoms with Crippen molar-refractivity contribution < 1.29 is 24.4 Å². The molecular weight excluding hydrogens is 366 g/mol. The molecule has 1 aromatic rings. The van der Waals surface area contributed by atoms with Crippen LogP contribution in [0, 0.1) is 17.0 Å². The number of nitrogens with zero attached hydrogens (tertiary/aromatic N) is 3. The summed E-state index contributed by atoms with van der Waals surface area (Å²) >= 11 is 0. The summed E-state index contributed by atoms with van der Waals surface area (Å²) in [5.74, 6) is -1.48. The van der Waals surface area contributed by atoms with Crippen molar-refractivity contribution in [3.05, 3.63) is 39.4 Å². The fourth-order valence-electron chi connectivity index (χ4n) is 3.62. The van der Waals surface area contributed by atoms with Crippen LogP contribution in [0.5, 0.6) is 0 Å². The first-order chi connectivity index (χ1) is 13.2. The molecule has 0 radical (unpaired) electrons. The fourth-order valence-corrected chi connectivity index (χ4v) is 3.62. The van der Waals surface area contributed by atoms with Gasteiger partial charge in [-0.1, -0.05) is 12.1 Å². The Morgan fingerprint density at radius 3 is 2.61 bits per heavy atom. The Kier molecular flexibility index (Phi) is 7.08. The van der Waals surface area contributed by atoms with Gasteiger partial charge in [-0.15, -0.1) is 0 Å². The Balaban J connectivity index is 2.05. The van der Waals surface area contributed by atoms with Crippen molar-refractivity contribution in [2.45, 2.75) is 45.6 Å². The third-order valence-corrected chi connectivity index (χ3v) is 5.16. The van der Waals surface area contributed by atoms with Crippen LogP contribution in [0.15, 0.2) is 18.2 Å². The molecule has 1 saturated heterocycles. The largest absolute Gasteiger partial charge is 0.480 e. The predicted molar refractivity (Wildman–Crippen MR) is 101 cm³/mol. The first kappa shape index (κ1) is 21.3. The molecule has 1 N–H and O–H groups in total. The minimum Gasteiger partial charge on any atom is -0.480 e. The number of carboxylic acids is 1. The highest BCUT2D eigenvalue weighted by Gasteiger charge is 2.28. The quantitative estimate of drug-likeness (QED) is 0.583. The van der Waals surface area contributed by atoms with Crippen LogP contribution in [-0.2, 0) is 20.8 Å². The molecule has 1 unspecified atom stereocenters. The Labute approximate surface area is 163 Å². The number of hydrogen-bond acceptors (Lipinski definition) is 5. The van der Waals surface area contributed by atoms with Gasteiger partial charge < -0.3 is 14.9 Å². The van der Waals surface area contributed by atoms with E-state index in [-0.39, 0.29) is 36.5 Å². The summed E-state index contributed by atoms with van der Waals surface area (Å²) in [5, 5.41) is 20.1. The van der Waals surface area contributed by atoms with Gasteiger partial charge >= 0.3 is 5.97 Å². The van der Waals surface area contributed by atoms with Gasteiger partial charge in [-0.25, -0.2) is 0 Å². The maximum atomic E-state index is 12.7. The van der Waals surface area contributed by atoms with Gasteiger partial charge in [-0.3, -0.25) is 24.5 Å². The zero-order valence-electron chi connectivity index (χ0n) is 16.1. The molecule has 9 nitrogen and oxygen atoms in total. The number of hydrogen-bond donors (Lipinski definition) is 1. The van der Waals surface area contributed by atoms with E-state index in [9.17, 15) is 24.5 Å². The van der Waals surface area contributed by atoms with Crippen LogP contribution in [0.4, 0.5) is 5.69 Å². The van der Waals surface area contributed by atoms with Crippen LogP contribution in [0.1, 0.15) is 37.3 Å². The summed E-state index contributed by atoms with van der Waals surface area (Å²) in [7, 11) is 0. The van der Waals surface area contributed by atoms with Crippen molar-refractivity contribution in [2.75, 3.05) is 19.6 Å². The number of rotatable bonds is 6. The summed E-state index contributed by atoms with van der Waals surface area (Å²) in [6.07, 6.45) is 1.87. The smallest absolute Gasteiger partial charge is 0.323 e. The molecule has 28 heavy (non-hydrogen) atoms. The van der Waals surface area contributed by atoms with Crippen molar-refractivity contribution in [3.8, 4) is 0 Å². The summed E-state index contributed by atoms with van der Waals surface area (Å²) in [6, 6.07) is 4.48. The Bertz CT molecular complexity index is 779. The first-order valence-corrected chi connectivity index (χ1v) is 9.20. The van der Waals surface area contributed by atoms with E-state index >= 15 is 0 Å². The van der Waals surface area contributed by atoms with Gasteiger partial charge in [0.05, 0.1) is 11.3 Å². The highest BCUT2D eigenvalue weighted by atomic mass is 16.6. The second-order valence-electron chi connectivity index (χ2n) is 7.00. The average molecular weight is 391 g/mol. The third kappa shape index (κ3) is 5.28. The van der Waals surface area contributed by atoms with Crippen molar-refractivity contribution >= 4 is 23.5 Å². The molecule has 0 bridgehead atoms. The van der Waals surface area contributed by atoms with E-state index < -0.39 is 10.9 Å². The number of aliphatic carboxylic acids is 1. The monoisotopic (exact) mass is 391 g/mol. The lowest BCUT2D eigenvalue weighted by Crippen LogP contribution is -2.43. The van der Waals surface area contributed by atoms with E-state index in [4.69, 9.17) is 5.11 Å². The molecule has 1 atom stereocenters. The zero-order chi connectivity index (χ0) is 20.8. The highest BCUT2D eigenvalue weighted by Crippen LogP contribution is 2.23. The SMILES string of the molecule is CC(=O)N(CC(=O)O)C1CCCN(C(=O)Cc2cccc([N+](=O)[O-])c2C)CC1. The van der Waals surface area contributed by atoms with E-state index in [0.717, 1.165) is 0 Å². The van der Waals surface area contributed by atoms with E-state index in [2.05, 4.69) is 0 Å². The molecule has 152 valence electrons. The Morgan fingerprint density at radius 2 is 2.00 bits per heavy atom. The summed E-state index contributed by atoms with van der Waals surface area (Å²) < 4.78 is 0. The molecule has 0 spiro atoms. The van der Waals surface area contributed by atoms with Gasteiger partial charge in [0.2, 0.25) is 11.8 Å². The maximum Gasteiger partial charge on any atom is 0.323 e. The van der Waals surface area contributed by atoms with Crippen LogP contribution in [0.25, 0.3) is 0 Å². The van der Waals surface area contributed by atoms with Crippen molar-refractivity contribution in [3.63, 3.8) is 0 Å². The molecule has 9 heteroatoms. The van der Waals surface area contributed by atoms with E-state index in [1.165, 1.54) is 17.9 Å². The van der Waals surface area contributed by atoms with Gasteiger partial charge in [0.25, 0.3) is 5.69 Å². The summed E-state index contributed by atoms with van der Waals surface area (Å²) in [5.41, 5.74) is 1.10. The topological polar surface area (TPSA) is 121 Å². The van der Waals surface area contributed by atoms with Crippen LogP contribution in [0.3, 0.4) is 0 Å². The third-order valence-electron chi connectivity index (χ3n) is 5.16. The number of likely N-dealkylation sites (tertiary alicyclic amines) is 1. The molecule has 0 saturated carbocycles. The second kappa shape index (κ2) is 9.29. The number of amides is 2. The van der Waals surface area contributed by atoms with E-state index in [0.29, 0.717) is 43.5 Å². The Morgan fingerprint density at radius 1 is 1.29 bits per heavy atom. The molecule has 0 aromatic heterocycles. The molecule has 1 aliphatic rings. The maximum absolute atomic E-state index is 12.7. The molecule has 1 heterocycles. The number of nitro benzene ring substituents is 1. The zero-order valence-corrected chi connectivity index (χ0v) is 16.1. The fraction of sp³-hybridized carbons (Fsp3) is 0.526. The predicted octanol–water partition coefficient (Wildman–Crippen LogP) is 1.76. The minimum absolute atomic E-state index is 0.00741. The minimum atomic E-state index is -1.06. The first-order valence-electron chi connectivity index (χ1n) is 9.20. The van der Waals surface area contributed by atoms with Gasteiger partial charge in [0, 0.05) is 37.7 Å². The molecule has 1 aliphatic heterocycles. The number of carbonyl (C=O) groups is 3. The highest BCUT2D eigenvalue weighted by molar-refractivity contribution is 5.80. The van der Waals surface area contributed by atoms with Gasteiger partial charge in [-0.05, 0) is 31.7 Å². The van der Waals surface area contributed by atoms with Crippen molar-refractivity contribution in [1.82, 2.24) is 9.80 Å². The lowest BCUT2D eigenvalue weighted by Gasteiger charge is -2.29.